The minimum absolute atomic E-state index is 0.0338. The van der Waals surface area contributed by atoms with Gasteiger partial charge in [0.1, 0.15) is 18.8 Å². The quantitative estimate of drug-likeness (QED) is 0.207. The second kappa shape index (κ2) is 10.2. The molecule has 0 bridgehead atoms. The van der Waals surface area contributed by atoms with Gasteiger partial charge < -0.3 is 21.0 Å². The molecule has 0 aliphatic carbocycles. The van der Waals surface area contributed by atoms with Crippen LogP contribution in [-0.2, 0) is 19.2 Å². The first-order valence-corrected chi connectivity index (χ1v) is 13.2. The number of oxime groups is 1. The molecule has 13 nitrogen and oxygen atoms in total. The SMILES string of the molecule is CO/N=C(\C(=O)NC1C(=O)N2C(C(=O)O)=C(Sc3nc(-c4ccncc4)cs3)CCC12)c1nsc(N)n1. The Morgan fingerprint density at radius 1 is 1.32 bits per heavy atom. The molecule has 2 unspecified atom stereocenters. The lowest BCUT2D eigenvalue weighted by atomic mass is 9.86. The molecule has 4 N–H and O–H groups in total. The molecule has 0 spiro atoms. The highest BCUT2D eigenvalue weighted by Gasteiger charge is 2.54. The third-order valence-electron chi connectivity index (χ3n) is 5.60. The Morgan fingerprint density at radius 2 is 2.11 bits per heavy atom. The number of hydrogen-bond donors (Lipinski definition) is 3. The third-order valence-corrected chi connectivity index (χ3v) is 8.23. The summed E-state index contributed by atoms with van der Waals surface area (Å²) in [4.78, 5) is 57.1. The van der Waals surface area contributed by atoms with Crippen molar-refractivity contribution in [3.05, 3.63) is 46.3 Å². The highest BCUT2D eigenvalue weighted by atomic mass is 32.2. The predicted octanol–water partition coefficient (Wildman–Crippen LogP) is 1.57. The van der Waals surface area contributed by atoms with Crippen molar-refractivity contribution >= 4 is 63.3 Å². The minimum atomic E-state index is -1.22. The van der Waals surface area contributed by atoms with Gasteiger partial charge in [0.05, 0.1) is 11.7 Å². The molecule has 5 rings (SSSR count). The van der Waals surface area contributed by atoms with Crippen molar-refractivity contribution in [2.45, 2.75) is 29.3 Å². The fraction of sp³-hybridized carbons (Fsp3) is 0.238. The van der Waals surface area contributed by atoms with Gasteiger partial charge in [-0.1, -0.05) is 16.9 Å². The van der Waals surface area contributed by atoms with Gasteiger partial charge in [0.15, 0.2) is 9.47 Å². The monoisotopic (exact) mass is 558 g/mol. The van der Waals surface area contributed by atoms with E-state index in [2.05, 4.69) is 29.8 Å². The lowest BCUT2D eigenvalue weighted by Crippen LogP contribution is -2.72. The molecule has 2 aliphatic heterocycles. The Balaban J connectivity index is 1.33. The number of anilines is 1. The molecule has 0 saturated carbocycles. The molecule has 2 amide bonds. The fourth-order valence-electron chi connectivity index (χ4n) is 4.01. The number of rotatable bonds is 8. The van der Waals surface area contributed by atoms with Crippen LogP contribution in [-0.4, -0.2) is 72.0 Å². The van der Waals surface area contributed by atoms with Crippen molar-refractivity contribution < 1.29 is 24.3 Å². The summed E-state index contributed by atoms with van der Waals surface area (Å²) in [5.74, 6) is -2.52. The number of carboxylic acids is 1. The average Bonchev–Trinajstić information content (AvgIpc) is 3.54. The largest absolute Gasteiger partial charge is 0.477 e. The number of β-lactam (4-membered cyclic amide) rings is 1. The summed E-state index contributed by atoms with van der Waals surface area (Å²) < 4.78 is 4.62. The molecule has 0 radical (unpaired) electrons. The number of pyridine rings is 1. The minimum Gasteiger partial charge on any atom is -0.477 e. The molecular formula is C21H18N8O5S3. The summed E-state index contributed by atoms with van der Waals surface area (Å²) in [6.45, 7) is 0. The number of allylic oxidation sites excluding steroid dienone is 1. The van der Waals surface area contributed by atoms with Crippen molar-refractivity contribution in [1.29, 1.82) is 0 Å². The van der Waals surface area contributed by atoms with E-state index in [1.54, 1.807) is 12.4 Å². The van der Waals surface area contributed by atoms with E-state index < -0.39 is 29.9 Å². The number of aromatic nitrogens is 4. The standard InChI is InChI=1S/C21H18N8O5S3/c1-34-27-14(16-26-20(22)37-28-16)17(30)25-13-11-2-3-12(15(19(32)33)29(11)18(13)31)36-21-24-10(8-35-21)9-4-6-23-7-5-9/h4-8,11,13H,2-3H2,1H3,(H,25,30)(H,32,33)(H2,22,26,28)/b27-14-. The molecule has 37 heavy (non-hydrogen) atoms. The van der Waals surface area contributed by atoms with Crippen LogP contribution in [0.1, 0.15) is 18.7 Å². The van der Waals surface area contributed by atoms with Crippen LogP contribution in [0.5, 0.6) is 0 Å². The highest BCUT2D eigenvalue weighted by molar-refractivity contribution is 8.04. The topological polar surface area (TPSA) is 186 Å². The van der Waals surface area contributed by atoms with E-state index >= 15 is 0 Å². The number of fused-ring (bicyclic) bond motifs is 1. The number of carbonyl (C=O) groups is 3. The van der Waals surface area contributed by atoms with Gasteiger partial charge in [-0.15, -0.1) is 11.3 Å². The van der Waals surface area contributed by atoms with Crippen LogP contribution in [0.15, 0.2) is 50.0 Å². The van der Waals surface area contributed by atoms with Gasteiger partial charge in [0.25, 0.3) is 11.8 Å². The van der Waals surface area contributed by atoms with Crippen LogP contribution in [0, 0.1) is 0 Å². The molecule has 1 saturated heterocycles. The summed E-state index contributed by atoms with van der Waals surface area (Å²) in [6.07, 6.45) is 4.20. The van der Waals surface area contributed by atoms with Gasteiger partial charge in [-0.2, -0.15) is 9.36 Å². The fourth-order valence-corrected chi connectivity index (χ4v) is 6.49. The van der Waals surface area contributed by atoms with Crippen molar-refractivity contribution in [2.75, 3.05) is 12.8 Å². The number of nitrogens with zero attached hydrogens (tertiary/aromatic N) is 6. The number of thiazole rings is 1. The zero-order valence-electron chi connectivity index (χ0n) is 19.0. The molecule has 5 heterocycles. The van der Waals surface area contributed by atoms with E-state index in [1.807, 2.05) is 17.5 Å². The average molecular weight is 559 g/mol. The number of carboxylic acid groups (broad SMARTS) is 1. The lowest BCUT2D eigenvalue weighted by Gasteiger charge is -2.49. The van der Waals surface area contributed by atoms with Gasteiger partial charge in [-0.05, 0) is 25.0 Å². The van der Waals surface area contributed by atoms with E-state index in [0.29, 0.717) is 22.1 Å². The van der Waals surface area contributed by atoms with Gasteiger partial charge in [0.2, 0.25) is 11.5 Å². The number of nitrogens with one attached hydrogen (secondary N) is 1. The smallest absolute Gasteiger partial charge is 0.353 e. The first kappa shape index (κ1) is 24.8. The summed E-state index contributed by atoms with van der Waals surface area (Å²) in [5, 5.41) is 18.2. The lowest BCUT2D eigenvalue weighted by molar-refractivity contribution is -0.155. The molecule has 3 aromatic rings. The Labute approximate surface area is 221 Å². The second-order valence-electron chi connectivity index (χ2n) is 7.76. The van der Waals surface area contributed by atoms with Crippen LogP contribution in [0.3, 0.4) is 0 Å². The first-order chi connectivity index (χ1) is 17.9. The van der Waals surface area contributed by atoms with Crippen LogP contribution in [0.2, 0.25) is 0 Å². The van der Waals surface area contributed by atoms with Crippen molar-refractivity contribution in [1.82, 2.24) is 29.5 Å². The number of nitrogens with two attached hydrogens (primary N) is 1. The maximum atomic E-state index is 13.0. The maximum Gasteiger partial charge on any atom is 0.353 e. The van der Waals surface area contributed by atoms with Gasteiger partial charge in [-0.3, -0.25) is 19.5 Å². The zero-order chi connectivity index (χ0) is 26.1. The van der Waals surface area contributed by atoms with E-state index in [9.17, 15) is 19.5 Å². The first-order valence-electron chi connectivity index (χ1n) is 10.7. The van der Waals surface area contributed by atoms with Gasteiger partial charge in [-0.25, -0.2) is 9.78 Å². The van der Waals surface area contributed by atoms with E-state index in [0.717, 1.165) is 22.8 Å². The van der Waals surface area contributed by atoms with Crippen LogP contribution < -0.4 is 11.1 Å². The van der Waals surface area contributed by atoms with Crippen molar-refractivity contribution in [3.63, 3.8) is 0 Å². The van der Waals surface area contributed by atoms with E-state index in [4.69, 9.17) is 10.6 Å². The highest BCUT2D eigenvalue weighted by Crippen LogP contribution is 2.44. The summed E-state index contributed by atoms with van der Waals surface area (Å²) in [6, 6.07) is 2.23. The van der Waals surface area contributed by atoms with Crippen molar-refractivity contribution in [2.24, 2.45) is 5.16 Å². The molecule has 16 heteroatoms. The Kier molecular flexibility index (Phi) is 6.86. The van der Waals surface area contributed by atoms with Crippen LogP contribution in [0.4, 0.5) is 5.13 Å². The molecule has 2 aliphatic rings. The number of nitrogen functional groups attached to an aromatic ring is 1. The van der Waals surface area contributed by atoms with Crippen molar-refractivity contribution in [3.8, 4) is 11.3 Å². The Hall–Kier alpha value is -3.89. The summed E-state index contributed by atoms with van der Waals surface area (Å²) >= 11 is 3.50. The van der Waals surface area contributed by atoms with Crippen LogP contribution in [0.25, 0.3) is 11.3 Å². The number of thioether (sulfide) groups is 1. The normalized spacial score (nSPS) is 19.3. The molecule has 3 aromatic heterocycles. The maximum absolute atomic E-state index is 13.0. The molecular weight excluding hydrogens is 540 g/mol. The molecule has 190 valence electrons. The molecule has 2 atom stereocenters. The zero-order valence-corrected chi connectivity index (χ0v) is 21.5. The number of amides is 2. The van der Waals surface area contributed by atoms with Crippen LogP contribution >= 0.6 is 34.6 Å². The Bertz CT molecular complexity index is 1440. The molecule has 1 fully saturated rings. The van der Waals surface area contributed by atoms with Gasteiger partial charge in [0, 0.05) is 39.8 Å². The second-order valence-corrected chi connectivity index (χ2v) is 10.7. The Morgan fingerprint density at radius 3 is 2.78 bits per heavy atom. The number of aliphatic carboxylic acids is 1. The van der Waals surface area contributed by atoms with Gasteiger partial charge >= 0.3 is 5.97 Å². The van der Waals surface area contributed by atoms with E-state index in [1.165, 1.54) is 35.1 Å². The number of hydrogen-bond acceptors (Lipinski definition) is 13. The predicted molar refractivity (Wildman–Crippen MR) is 136 cm³/mol. The summed E-state index contributed by atoms with van der Waals surface area (Å²) in [5.41, 5.74) is 6.91. The number of carbonyl (C=O) groups excluding carboxylic acids is 2. The summed E-state index contributed by atoms with van der Waals surface area (Å²) in [7, 11) is 1.26. The van der Waals surface area contributed by atoms with E-state index in [-0.39, 0.29) is 22.4 Å². The third kappa shape index (κ3) is 4.77. The molecule has 0 aromatic carbocycles.